The zero-order chi connectivity index (χ0) is 14.7. The lowest BCUT2D eigenvalue weighted by molar-refractivity contribution is -0.384. The van der Waals surface area contributed by atoms with Gasteiger partial charge in [-0.25, -0.2) is 4.98 Å². The van der Waals surface area contributed by atoms with Crippen LogP contribution < -0.4 is 11.1 Å². The van der Waals surface area contributed by atoms with Gasteiger partial charge < -0.3 is 11.1 Å². The van der Waals surface area contributed by atoms with Crippen LogP contribution in [0.25, 0.3) is 0 Å². The van der Waals surface area contributed by atoms with Gasteiger partial charge in [0, 0.05) is 18.0 Å². The molecule has 0 radical (unpaired) electrons. The van der Waals surface area contributed by atoms with Gasteiger partial charge in [0.2, 0.25) is 0 Å². The number of nitrogens with one attached hydrogen (secondary N) is 1. The summed E-state index contributed by atoms with van der Waals surface area (Å²) in [6, 6.07) is 7.08. The van der Waals surface area contributed by atoms with E-state index < -0.39 is 10.8 Å². The van der Waals surface area contributed by atoms with Crippen LogP contribution in [0.5, 0.6) is 0 Å². The van der Waals surface area contributed by atoms with E-state index in [1.165, 1.54) is 30.5 Å². The van der Waals surface area contributed by atoms with E-state index in [1.807, 2.05) is 0 Å². The number of nitro benzene ring substituents is 1. The molecule has 0 spiro atoms. The number of anilines is 2. The van der Waals surface area contributed by atoms with Crippen molar-refractivity contribution in [1.82, 2.24) is 4.98 Å². The third-order valence-corrected chi connectivity index (χ3v) is 2.77. The van der Waals surface area contributed by atoms with Crippen LogP contribution in [0.4, 0.5) is 17.1 Å². The molecular formula is C12H9ClN4O3. The maximum absolute atomic E-state index is 11.9. The summed E-state index contributed by atoms with van der Waals surface area (Å²) in [4.78, 5) is 25.9. The Labute approximate surface area is 118 Å². The van der Waals surface area contributed by atoms with Crippen molar-refractivity contribution in [2.75, 3.05) is 11.1 Å². The number of carbonyl (C=O) groups is 1. The number of halogens is 1. The van der Waals surface area contributed by atoms with Gasteiger partial charge >= 0.3 is 0 Å². The minimum atomic E-state index is -0.632. The molecule has 8 heteroatoms. The predicted molar refractivity (Wildman–Crippen MR) is 74.7 cm³/mol. The zero-order valence-electron chi connectivity index (χ0n) is 10.0. The molecule has 1 heterocycles. The number of nitro groups is 1. The molecule has 0 saturated heterocycles. The standard InChI is InChI=1S/C12H9ClN4O3/c13-8-4-3-7(6-10(8)17(19)20)16-12(18)11-9(14)2-1-5-15-11/h1-6H,14H2,(H,16,18). The van der Waals surface area contributed by atoms with E-state index in [1.54, 1.807) is 6.07 Å². The molecule has 1 aromatic heterocycles. The van der Waals surface area contributed by atoms with E-state index in [9.17, 15) is 14.9 Å². The quantitative estimate of drug-likeness (QED) is 0.667. The minimum Gasteiger partial charge on any atom is -0.397 e. The van der Waals surface area contributed by atoms with Crippen molar-refractivity contribution >= 4 is 34.6 Å². The Morgan fingerprint density at radius 3 is 2.80 bits per heavy atom. The summed E-state index contributed by atoms with van der Waals surface area (Å²) in [6.07, 6.45) is 1.43. The molecule has 1 aromatic carbocycles. The van der Waals surface area contributed by atoms with Gasteiger partial charge in [-0.1, -0.05) is 11.6 Å². The predicted octanol–water partition coefficient (Wildman–Crippen LogP) is 2.48. The first-order chi connectivity index (χ1) is 9.49. The number of carbonyl (C=O) groups excluding carboxylic acids is 1. The summed E-state index contributed by atoms with van der Waals surface area (Å²) < 4.78 is 0. The fraction of sp³-hybridized carbons (Fsp3) is 0. The molecule has 0 unspecified atom stereocenters. The number of rotatable bonds is 3. The molecule has 0 aliphatic heterocycles. The molecule has 0 saturated carbocycles. The summed E-state index contributed by atoms with van der Waals surface area (Å²) in [5.74, 6) is -0.556. The molecule has 0 fully saturated rings. The third kappa shape index (κ3) is 2.83. The monoisotopic (exact) mass is 292 g/mol. The normalized spacial score (nSPS) is 10.1. The number of pyridine rings is 1. The Morgan fingerprint density at radius 2 is 2.15 bits per heavy atom. The second-order valence-electron chi connectivity index (χ2n) is 3.82. The number of amides is 1. The fourth-order valence-corrected chi connectivity index (χ4v) is 1.71. The van der Waals surface area contributed by atoms with E-state index in [4.69, 9.17) is 17.3 Å². The summed E-state index contributed by atoms with van der Waals surface area (Å²) in [6.45, 7) is 0. The highest BCUT2D eigenvalue weighted by Crippen LogP contribution is 2.27. The highest BCUT2D eigenvalue weighted by Gasteiger charge is 2.16. The first-order valence-corrected chi connectivity index (χ1v) is 5.82. The lowest BCUT2D eigenvalue weighted by Crippen LogP contribution is -2.15. The first-order valence-electron chi connectivity index (χ1n) is 5.45. The summed E-state index contributed by atoms with van der Waals surface area (Å²) >= 11 is 5.68. The van der Waals surface area contributed by atoms with E-state index in [0.717, 1.165) is 0 Å². The van der Waals surface area contributed by atoms with Crippen molar-refractivity contribution in [2.24, 2.45) is 0 Å². The van der Waals surface area contributed by atoms with Gasteiger partial charge in [0.1, 0.15) is 5.02 Å². The van der Waals surface area contributed by atoms with Crippen molar-refractivity contribution < 1.29 is 9.72 Å². The van der Waals surface area contributed by atoms with Crippen molar-refractivity contribution in [3.8, 4) is 0 Å². The van der Waals surface area contributed by atoms with Crippen molar-refractivity contribution in [2.45, 2.75) is 0 Å². The first kappa shape index (κ1) is 13.8. The lowest BCUT2D eigenvalue weighted by atomic mass is 10.2. The Balaban J connectivity index is 2.27. The summed E-state index contributed by atoms with van der Waals surface area (Å²) in [7, 11) is 0. The number of hydrogen-bond donors (Lipinski definition) is 2. The SMILES string of the molecule is Nc1cccnc1C(=O)Nc1ccc(Cl)c([N+](=O)[O-])c1. The number of hydrogen-bond acceptors (Lipinski definition) is 5. The molecule has 0 aliphatic carbocycles. The molecule has 3 N–H and O–H groups in total. The zero-order valence-corrected chi connectivity index (χ0v) is 10.8. The van der Waals surface area contributed by atoms with Crippen LogP contribution in [0, 0.1) is 10.1 Å². The Bertz CT molecular complexity index is 690. The van der Waals surface area contributed by atoms with Gasteiger partial charge in [0.15, 0.2) is 5.69 Å². The van der Waals surface area contributed by atoms with Crippen molar-refractivity contribution in [3.05, 3.63) is 57.4 Å². The molecule has 102 valence electrons. The van der Waals surface area contributed by atoms with E-state index in [0.29, 0.717) is 0 Å². The van der Waals surface area contributed by atoms with Crippen LogP contribution in [-0.4, -0.2) is 15.8 Å². The Hall–Kier alpha value is -2.67. The smallest absolute Gasteiger partial charge is 0.289 e. The number of nitrogens with two attached hydrogens (primary N) is 1. The fourth-order valence-electron chi connectivity index (χ4n) is 1.53. The maximum atomic E-state index is 11.9. The highest BCUT2D eigenvalue weighted by atomic mass is 35.5. The third-order valence-electron chi connectivity index (χ3n) is 2.45. The van der Waals surface area contributed by atoms with Gasteiger partial charge in [-0.3, -0.25) is 14.9 Å². The molecule has 0 aliphatic rings. The second kappa shape index (κ2) is 5.54. The van der Waals surface area contributed by atoms with E-state index in [2.05, 4.69) is 10.3 Å². The van der Waals surface area contributed by atoms with Crippen molar-refractivity contribution in [3.63, 3.8) is 0 Å². The van der Waals surface area contributed by atoms with Crippen LogP contribution in [0.1, 0.15) is 10.5 Å². The number of nitrogens with zero attached hydrogens (tertiary/aromatic N) is 2. The average molecular weight is 293 g/mol. The van der Waals surface area contributed by atoms with Gasteiger partial charge in [-0.15, -0.1) is 0 Å². The maximum Gasteiger partial charge on any atom is 0.289 e. The van der Waals surface area contributed by atoms with Gasteiger partial charge in [0.25, 0.3) is 11.6 Å². The molecule has 0 atom stereocenters. The molecule has 2 aromatic rings. The van der Waals surface area contributed by atoms with Crippen LogP contribution in [-0.2, 0) is 0 Å². The molecule has 7 nitrogen and oxygen atoms in total. The van der Waals surface area contributed by atoms with Gasteiger partial charge in [-0.2, -0.15) is 0 Å². The van der Waals surface area contributed by atoms with Crippen LogP contribution >= 0.6 is 11.6 Å². The van der Waals surface area contributed by atoms with Crippen molar-refractivity contribution in [1.29, 1.82) is 0 Å². The molecule has 20 heavy (non-hydrogen) atoms. The lowest BCUT2D eigenvalue weighted by Gasteiger charge is -2.06. The van der Waals surface area contributed by atoms with Gasteiger partial charge in [-0.05, 0) is 24.3 Å². The number of aromatic nitrogens is 1. The Kier molecular flexibility index (Phi) is 3.81. The van der Waals surface area contributed by atoms with Gasteiger partial charge in [0.05, 0.1) is 10.6 Å². The van der Waals surface area contributed by atoms with Crippen LogP contribution in [0.2, 0.25) is 5.02 Å². The highest BCUT2D eigenvalue weighted by molar-refractivity contribution is 6.32. The largest absolute Gasteiger partial charge is 0.397 e. The average Bonchev–Trinajstić information content (AvgIpc) is 2.41. The van der Waals surface area contributed by atoms with Crippen LogP contribution in [0.3, 0.4) is 0 Å². The number of benzene rings is 1. The summed E-state index contributed by atoms with van der Waals surface area (Å²) in [5, 5.41) is 13.2. The molecule has 1 amide bonds. The van der Waals surface area contributed by atoms with Crippen LogP contribution in [0.15, 0.2) is 36.5 Å². The minimum absolute atomic E-state index is 0.00894. The second-order valence-corrected chi connectivity index (χ2v) is 4.23. The summed E-state index contributed by atoms with van der Waals surface area (Å²) in [5.41, 5.74) is 5.83. The number of nitrogen functional groups attached to an aromatic ring is 1. The van der Waals surface area contributed by atoms with E-state index >= 15 is 0 Å². The molecule has 2 rings (SSSR count). The van der Waals surface area contributed by atoms with E-state index in [-0.39, 0.29) is 27.8 Å². The molecular weight excluding hydrogens is 284 g/mol. The topological polar surface area (TPSA) is 111 Å². The Morgan fingerprint density at radius 1 is 1.40 bits per heavy atom. The molecule has 0 bridgehead atoms.